The molecule has 42 heavy (non-hydrogen) atoms. The van der Waals surface area contributed by atoms with Crippen molar-refractivity contribution in [3.8, 4) is 17.2 Å². The molecule has 1 aliphatic heterocycles. The number of aliphatic hydroxyl groups excluding tert-OH is 1. The second kappa shape index (κ2) is 15.8. The Kier molecular flexibility index (Phi) is 12.5. The van der Waals surface area contributed by atoms with Crippen LogP contribution in [0.5, 0.6) is 17.2 Å². The van der Waals surface area contributed by atoms with Crippen molar-refractivity contribution in [1.82, 2.24) is 16.1 Å². The Hall–Kier alpha value is -3.32. The molecule has 2 atom stereocenters. The van der Waals surface area contributed by atoms with Gasteiger partial charge in [0.25, 0.3) is 0 Å². The number of rotatable bonds is 13. The van der Waals surface area contributed by atoms with Crippen molar-refractivity contribution in [2.24, 2.45) is 5.10 Å². The van der Waals surface area contributed by atoms with Gasteiger partial charge >= 0.3 is 18.0 Å². The van der Waals surface area contributed by atoms with E-state index >= 15 is 0 Å². The predicted octanol–water partition coefficient (Wildman–Crippen LogP) is 2.97. The van der Waals surface area contributed by atoms with Crippen molar-refractivity contribution < 1.29 is 43.2 Å². The fourth-order valence-corrected chi connectivity index (χ4v) is 5.93. The first-order valence-electron chi connectivity index (χ1n) is 12.5. The Morgan fingerprint density at radius 1 is 1.10 bits per heavy atom. The monoisotopic (exact) mass is 808 g/mol. The van der Waals surface area contributed by atoms with E-state index in [1.165, 1.54) is 20.4 Å². The SMILES string of the molecule is CCOc1cc([C@H]2NC(=O)NC(C)=C2C(=O)OC)ccc1OC[C@H](O)N/N=C\c1cc(I)c(OCC(=O)OC)c(I)c1. The van der Waals surface area contributed by atoms with E-state index in [-0.39, 0.29) is 18.8 Å². The molecule has 0 fully saturated rings. The first-order valence-corrected chi connectivity index (χ1v) is 14.6. The minimum Gasteiger partial charge on any atom is -0.490 e. The number of methoxy groups -OCH3 is 2. The summed E-state index contributed by atoms with van der Waals surface area (Å²) in [6.45, 7) is 3.39. The number of halogens is 2. The van der Waals surface area contributed by atoms with Crippen LogP contribution in [0.2, 0.25) is 0 Å². The van der Waals surface area contributed by atoms with Crippen molar-refractivity contribution in [2.45, 2.75) is 26.1 Å². The van der Waals surface area contributed by atoms with Gasteiger partial charge in [-0.25, -0.2) is 14.4 Å². The summed E-state index contributed by atoms with van der Waals surface area (Å²) in [5, 5.41) is 19.8. The van der Waals surface area contributed by atoms with Gasteiger partial charge in [0, 0.05) is 5.70 Å². The molecule has 1 heterocycles. The van der Waals surface area contributed by atoms with Crippen molar-refractivity contribution in [1.29, 1.82) is 0 Å². The van der Waals surface area contributed by atoms with E-state index in [4.69, 9.17) is 18.9 Å². The molecule has 0 aromatic heterocycles. The molecular weight excluding hydrogens is 778 g/mol. The standard InChI is InChI=1S/C27H30I2N4O9/c1-5-40-20-10-16(24-23(26(36)39-4)14(2)31-27(37)32-24)6-7-19(20)41-12-21(34)33-30-11-15-8-17(28)25(18(29)9-15)42-13-22(35)38-3/h6-11,21,24,33-34H,5,12-13H2,1-4H3,(H2,31,32,37)/b30-11-/t21-,24+/m0/s1. The molecule has 2 amide bonds. The lowest BCUT2D eigenvalue weighted by Gasteiger charge is -2.28. The summed E-state index contributed by atoms with van der Waals surface area (Å²) in [6, 6.07) is 7.38. The molecule has 0 aliphatic carbocycles. The number of nitrogens with zero attached hydrogens (tertiary/aromatic N) is 1. The molecule has 13 nitrogen and oxygen atoms in total. The van der Waals surface area contributed by atoms with Crippen molar-refractivity contribution >= 4 is 69.4 Å². The zero-order chi connectivity index (χ0) is 30.8. The van der Waals surface area contributed by atoms with E-state index in [0.29, 0.717) is 35.1 Å². The van der Waals surface area contributed by atoms with Crippen LogP contribution in [-0.2, 0) is 19.1 Å². The van der Waals surface area contributed by atoms with E-state index in [1.54, 1.807) is 32.0 Å². The molecule has 0 radical (unpaired) electrons. The molecule has 4 N–H and O–H groups in total. The maximum absolute atomic E-state index is 12.4. The smallest absolute Gasteiger partial charge is 0.343 e. The van der Waals surface area contributed by atoms with Gasteiger partial charge in [-0.1, -0.05) is 6.07 Å². The summed E-state index contributed by atoms with van der Waals surface area (Å²) in [7, 11) is 2.56. The highest BCUT2D eigenvalue weighted by atomic mass is 127. The van der Waals surface area contributed by atoms with E-state index < -0.39 is 30.2 Å². The normalized spacial score (nSPS) is 15.4. The highest BCUT2D eigenvalue weighted by molar-refractivity contribution is 14.1. The molecular formula is C27H30I2N4O9. The minimum absolute atomic E-state index is 0.164. The summed E-state index contributed by atoms with van der Waals surface area (Å²) in [5.74, 6) is 0.209. The first-order chi connectivity index (χ1) is 20.1. The van der Waals surface area contributed by atoms with Crippen LogP contribution in [0.25, 0.3) is 0 Å². The molecule has 0 bridgehead atoms. The van der Waals surface area contributed by atoms with Gasteiger partial charge in [0.1, 0.15) is 12.4 Å². The molecule has 2 aromatic rings. The van der Waals surface area contributed by atoms with Crippen LogP contribution in [0.3, 0.4) is 0 Å². The van der Waals surface area contributed by atoms with Gasteiger partial charge in [-0.15, -0.1) is 0 Å². The van der Waals surface area contributed by atoms with Gasteiger partial charge in [-0.05, 0) is 94.4 Å². The number of nitrogens with one attached hydrogen (secondary N) is 3. The number of hydrogen-bond donors (Lipinski definition) is 4. The number of hydrazone groups is 1. The Bertz CT molecular complexity index is 1360. The van der Waals surface area contributed by atoms with E-state index in [0.717, 1.165) is 12.7 Å². The molecule has 15 heteroatoms. The van der Waals surface area contributed by atoms with Crippen molar-refractivity contribution in [2.75, 3.05) is 34.0 Å². The molecule has 0 saturated carbocycles. The topological polar surface area (TPSA) is 166 Å². The summed E-state index contributed by atoms with van der Waals surface area (Å²) >= 11 is 4.19. The number of amides is 2. The molecule has 1 aliphatic rings. The average Bonchev–Trinajstić information content (AvgIpc) is 2.95. The Morgan fingerprint density at radius 2 is 1.81 bits per heavy atom. The lowest BCUT2D eigenvalue weighted by Crippen LogP contribution is -2.45. The quantitative estimate of drug-likeness (QED) is 0.0778. The number of carbonyl (C=O) groups excluding carboxylic acids is 3. The third-order valence-corrected chi connectivity index (χ3v) is 7.29. The lowest BCUT2D eigenvalue weighted by molar-refractivity contribution is -0.143. The number of esters is 2. The number of benzene rings is 2. The fraction of sp³-hybridized carbons (Fsp3) is 0.333. The second-order valence-corrected chi connectivity index (χ2v) is 10.9. The number of ether oxygens (including phenoxy) is 5. The first kappa shape index (κ1) is 33.2. The van der Waals surface area contributed by atoms with E-state index in [1.807, 2.05) is 12.1 Å². The van der Waals surface area contributed by atoms with Crippen LogP contribution in [0, 0.1) is 7.14 Å². The van der Waals surface area contributed by atoms with Gasteiger partial charge in [-0.2, -0.15) is 5.10 Å². The molecule has 0 spiro atoms. The highest BCUT2D eigenvalue weighted by Gasteiger charge is 2.32. The number of hydrogen-bond acceptors (Lipinski definition) is 11. The summed E-state index contributed by atoms with van der Waals surface area (Å²) in [6.07, 6.45) is 0.371. The Balaban J connectivity index is 1.65. The summed E-state index contributed by atoms with van der Waals surface area (Å²) in [4.78, 5) is 35.9. The summed E-state index contributed by atoms with van der Waals surface area (Å²) < 4.78 is 28.1. The average molecular weight is 808 g/mol. The maximum atomic E-state index is 12.4. The van der Waals surface area contributed by atoms with Crippen LogP contribution in [0.4, 0.5) is 4.79 Å². The van der Waals surface area contributed by atoms with Crippen LogP contribution in [-0.4, -0.2) is 69.6 Å². The minimum atomic E-state index is -1.16. The van der Waals surface area contributed by atoms with Gasteiger partial charge < -0.3 is 39.4 Å². The zero-order valence-corrected chi connectivity index (χ0v) is 27.5. The Morgan fingerprint density at radius 3 is 2.45 bits per heavy atom. The van der Waals surface area contributed by atoms with E-state index in [2.05, 4.69) is 71.1 Å². The second-order valence-electron chi connectivity index (χ2n) is 8.59. The number of carbonyl (C=O) groups is 3. The van der Waals surface area contributed by atoms with Crippen LogP contribution in [0.1, 0.15) is 31.0 Å². The van der Waals surface area contributed by atoms with Gasteiger partial charge in [-0.3, -0.25) is 5.43 Å². The van der Waals surface area contributed by atoms with Gasteiger partial charge in [0.15, 0.2) is 24.3 Å². The van der Waals surface area contributed by atoms with Crippen molar-refractivity contribution in [3.63, 3.8) is 0 Å². The third-order valence-electron chi connectivity index (χ3n) is 5.69. The molecule has 2 aromatic carbocycles. The molecule has 0 unspecified atom stereocenters. The third kappa shape index (κ3) is 8.84. The molecule has 0 saturated heterocycles. The van der Waals surface area contributed by atoms with E-state index in [9.17, 15) is 19.5 Å². The van der Waals surface area contributed by atoms with Gasteiger partial charge in [0.2, 0.25) is 0 Å². The zero-order valence-electron chi connectivity index (χ0n) is 23.2. The van der Waals surface area contributed by atoms with Crippen LogP contribution < -0.4 is 30.3 Å². The number of urea groups is 1. The molecule has 226 valence electrons. The Labute approximate surface area is 269 Å². The maximum Gasteiger partial charge on any atom is 0.343 e. The van der Waals surface area contributed by atoms with Crippen LogP contribution >= 0.6 is 45.2 Å². The predicted molar refractivity (Wildman–Crippen MR) is 168 cm³/mol. The lowest BCUT2D eigenvalue weighted by atomic mass is 9.95. The largest absolute Gasteiger partial charge is 0.490 e. The van der Waals surface area contributed by atoms with Gasteiger partial charge in [0.05, 0.1) is 45.8 Å². The highest BCUT2D eigenvalue weighted by Crippen LogP contribution is 2.35. The number of allylic oxidation sites excluding steroid dienone is 1. The molecule has 3 rings (SSSR count). The number of aliphatic hydroxyl groups is 1. The fourth-order valence-electron chi connectivity index (χ4n) is 3.80. The van der Waals surface area contributed by atoms with Crippen LogP contribution in [0.15, 0.2) is 46.7 Å². The van der Waals surface area contributed by atoms with Crippen molar-refractivity contribution in [3.05, 3.63) is 59.9 Å². The summed E-state index contributed by atoms with van der Waals surface area (Å²) in [5.41, 5.74) is 4.57.